The van der Waals surface area contributed by atoms with Gasteiger partial charge in [0.25, 0.3) is 5.91 Å². The first-order valence-corrected chi connectivity index (χ1v) is 6.20. The normalized spacial score (nSPS) is 10.1. The smallest absolute Gasteiger partial charge is 0.271 e. The van der Waals surface area contributed by atoms with Crippen LogP contribution in [0.4, 0.5) is 5.69 Å². The number of carbonyl (C=O) groups is 1. The Morgan fingerprint density at radius 3 is 2.78 bits per heavy atom. The maximum atomic E-state index is 11.9. The summed E-state index contributed by atoms with van der Waals surface area (Å²) in [4.78, 5) is 15.9. The number of nitrogens with one attached hydrogen (secondary N) is 1. The van der Waals surface area contributed by atoms with Gasteiger partial charge in [0.05, 0.1) is 0 Å². The predicted molar refractivity (Wildman–Crippen MR) is 74.0 cm³/mol. The number of pyridine rings is 1. The molecule has 0 saturated carbocycles. The van der Waals surface area contributed by atoms with Gasteiger partial charge in [0, 0.05) is 22.9 Å². The highest BCUT2D eigenvalue weighted by Gasteiger charge is 2.10. The van der Waals surface area contributed by atoms with E-state index in [2.05, 4.69) is 26.2 Å². The van der Waals surface area contributed by atoms with Crippen molar-refractivity contribution in [1.82, 2.24) is 10.3 Å². The lowest BCUT2D eigenvalue weighted by molar-refractivity contribution is 0.0945. The van der Waals surface area contributed by atoms with Gasteiger partial charge in [0.2, 0.25) is 0 Å². The van der Waals surface area contributed by atoms with E-state index in [1.165, 1.54) is 0 Å². The number of hydrogen-bond acceptors (Lipinski definition) is 3. The number of hydrogen-bond donors (Lipinski definition) is 2. The number of halogens is 1. The first kappa shape index (κ1) is 12.6. The average molecular weight is 306 g/mol. The second kappa shape index (κ2) is 5.64. The Hall–Kier alpha value is -1.88. The van der Waals surface area contributed by atoms with E-state index in [0.29, 0.717) is 22.4 Å². The Morgan fingerprint density at radius 2 is 2.06 bits per heavy atom. The van der Waals surface area contributed by atoms with Gasteiger partial charge < -0.3 is 11.1 Å². The van der Waals surface area contributed by atoms with E-state index in [4.69, 9.17) is 5.73 Å². The molecular formula is C13H12BrN3O. The number of rotatable bonds is 3. The zero-order chi connectivity index (χ0) is 13.0. The van der Waals surface area contributed by atoms with Crippen molar-refractivity contribution in [3.63, 3.8) is 0 Å². The number of nitrogens with two attached hydrogens (primary N) is 1. The quantitative estimate of drug-likeness (QED) is 0.855. The standard InChI is InChI=1S/C13H12BrN3O/c14-10-5-3-7-16-12(10)13(18)17-8-9-4-1-2-6-11(9)15/h1-7H,8,15H2,(H,17,18). The zero-order valence-corrected chi connectivity index (χ0v) is 11.1. The van der Waals surface area contributed by atoms with Gasteiger partial charge >= 0.3 is 0 Å². The monoisotopic (exact) mass is 305 g/mol. The van der Waals surface area contributed by atoms with Crippen LogP contribution in [0.5, 0.6) is 0 Å². The van der Waals surface area contributed by atoms with Crippen LogP contribution in [0.25, 0.3) is 0 Å². The molecule has 0 aliphatic rings. The van der Waals surface area contributed by atoms with Crippen molar-refractivity contribution in [1.29, 1.82) is 0 Å². The largest absolute Gasteiger partial charge is 0.398 e. The minimum Gasteiger partial charge on any atom is -0.398 e. The van der Waals surface area contributed by atoms with Crippen molar-refractivity contribution in [3.8, 4) is 0 Å². The van der Waals surface area contributed by atoms with Crippen LogP contribution < -0.4 is 11.1 Å². The van der Waals surface area contributed by atoms with Crippen LogP contribution in [0.3, 0.4) is 0 Å². The van der Waals surface area contributed by atoms with Crippen LogP contribution in [-0.4, -0.2) is 10.9 Å². The van der Waals surface area contributed by atoms with E-state index in [1.54, 1.807) is 24.4 Å². The maximum Gasteiger partial charge on any atom is 0.271 e. The summed E-state index contributed by atoms with van der Waals surface area (Å²) in [6.45, 7) is 0.383. The number of nitrogen functional groups attached to an aromatic ring is 1. The SMILES string of the molecule is Nc1ccccc1CNC(=O)c1ncccc1Br. The zero-order valence-electron chi connectivity index (χ0n) is 9.56. The molecule has 0 bridgehead atoms. The third kappa shape index (κ3) is 2.87. The Bertz CT molecular complexity index is 572. The van der Waals surface area contributed by atoms with Crippen LogP contribution in [0.1, 0.15) is 16.1 Å². The van der Waals surface area contributed by atoms with Crippen molar-refractivity contribution < 1.29 is 4.79 Å². The molecule has 92 valence electrons. The molecule has 1 heterocycles. The molecule has 0 spiro atoms. The van der Waals surface area contributed by atoms with Crippen molar-refractivity contribution in [2.75, 3.05) is 5.73 Å². The highest BCUT2D eigenvalue weighted by molar-refractivity contribution is 9.10. The molecule has 1 amide bonds. The van der Waals surface area contributed by atoms with Crippen LogP contribution in [0, 0.1) is 0 Å². The third-order valence-electron chi connectivity index (χ3n) is 2.47. The molecule has 0 unspecified atom stereocenters. The molecule has 5 heteroatoms. The van der Waals surface area contributed by atoms with Gasteiger partial charge in [-0.1, -0.05) is 18.2 Å². The second-order valence-electron chi connectivity index (χ2n) is 3.72. The Balaban J connectivity index is 2.06. The molecule has 1 aromatic heterocycles. The highest BCUT2D eigenvalue weighted by Crippen LogP contribution is 2.14. The summed E-state index contributed by atoms with van der Waals surface area (Å²) >= 11 is 3.29. The number of amides is 1. The molecule has 0 aliphatic carbocycles. The minimum absolute atomic E-state index is 0.231. The first-order chi connectivity index (χ1) is 8.68. The van der Waals surface area contributed by atoms with Gasteiger partial charge in [-0.05, 0) is 39.7 Å². The molecule has 0 radical (unpaired) electrons. The lowest BCUT2D eigenvalue weighted by Crippen LogP contribution is -2.24. The second-order valence-corrected chi connectivity index (χ2v) is 4.57. The number of nitrogens with zero attached hydrogens (tertiary/aromatic N) is 1. The molecule has 2 aromatic rings. The molecule has 0 fully saturated rings. The molecule has 18 heavy (non-hydrogen) atoms. The van der Waals surface area contributed by atoms with E-state index < -0.39 is 0 Å². The van der Waals surface area contributed by atoms with Crippen molar-refractivity contribution in [3.05, 3.63) is 58.3 Å². The molecule has 1 aromatic carbocycles. The molecular weight excluding hydrogens is 294 g/mol. The Kier molecular flexibility index (Phi) is 3.94. The van der Waals surface area contributed by atoms with Gasteiger partial charge in [0.1, 0.15) is 5.69 Å². The van der Waals surface area contributed by atoms with Crippen LogP contribution >= 0.6 is 15.9 Å². The molecule has 0 saturated heterocycles. The summed E-state index contributed by atoms with van der Waals surface area (Å²) < 4.78 is 0.670. The minimum atomic E-state index is -0.231. The van der Waals surface area contributed by atoms with E-state index in [9.17, 15) is 4.79 Å². The Labute approximate surface area is 113 Å². The Morgan fingerprint density at radius 1 is 1.28 bits per heavy atom. The summed E-state index contributed by atoms with van der Waals surface area (Å²) in [5, 5.41) is 2.79. The lowest BCUT2D eigenvalue weighted by atomic mass is 10.2. The fourth-order valence-corrected chi connectivity index (χ4v) is 1.94. The van der Waals surface area contributed by atoms with Crippen molar-refractivity contribution in [2.24, 2.45) is 0 Å². The van der Waals surface area contributed by atoms with Gasteiger partial charge in [-0.3, -0.25) is 4.79 Å². The van der Waals surface area contributed by atoms with Crippen LogP contribution in [-0.2, 0) is 6.54 Å². The highest BCUT2D eigenvalue weighted by atomic mass is 79.9. The topological polar surface area (TPSA) is 68.0 Å². The number of anilines is 1. The predicted octanol–water partition coefficient (Wildman–Crippen LogP) is 2.36. The number of benzene rings is 1. The fraction of sp³-hybridized carbons (Fsp3) is 0.0769. The molecule has 4 nitrogen and oxygen atoms in total. The maximum absolute atomic E-state index is 11.9. The summed E-state index contributed by atoms with van der Waals surface area (Å²) in [5.74, 6) is -0.231. The summed E-state index contributed by atoms with van der Waals surface area (Å²) in [5.41, 5.74) is 7.72. The number of carbonyl (C=O) groups excluding carboxylic acids is 1. The summed E-state index contributed by atoms with van der Waals surface area (Å²) in [7, 11) is 0. The van der Waals surface area contributed by atoms with Crippen LogP contribution in [0.15, 0.2) is 47.1 Å². The first-order valence-electron chi connectivity index (χ1n) is 5.40. The van der Waals surface area contributed by atoms with Gasteiger partial charge in [-0.25, -0.2) is 4.98 Å². The van der Waals surface area contributed by atoms with Crippen molar-refractivity contribution >= 4 is 27.5 Å². The van der Waals surface area contributed by atoms with E-state index in [-0.39, 0.29) is 5.91 Å². The fourth-order valence-electron chi connectivity index (χ4n) is 1.51. The molecule has 0 atom stereocenters. The van der Waals surface area contributed by atoms with Crippen molar-refractivity contribution in [2.45, 2.75) is 6.54 Å². The number of aromatic nitrogens is 1. The van der Waals surface area contributed by atoms with Crippen LogP contribution in [0.2, 0.25) is 0 Å². The molecule has 0 aliphatic heterocycles. The molecule has 3 N–H and O–H groups in total. The lowest BCUT2D eigenvalue weighted by Gasteiger charge is -2.08. The molecule has 2 rings (SSSR count). The average Bonchev–Trinajstić information content (AvgIpc) is 2.38. The summed E-state index contributed by atoms with van der Waals surface area (Å²) in [6.07, 6.45) is 1.58. The van der Waals surface area contributed by atoms with Gasteiger partial charge in [-0.15, -0.1) is 0 Å². The van der Waals surface area contributed by atoms with Gasteiger partial charge in [0.15, 0.2) is 0 Å². The van der Waals surface area contributed by atoms with E-state index >= 15 is 0 Å². The third-order valence-corrected chi connectivity index (χ3v) is 3.11. The number of para-hydroxylation sites is 1. The van der Waals surface area contributed by atoms with E-state index in [1.807, 2.05) is 18.2 Å². The van der Waals surface area contributed by atoms with Gasteiger partial charge in [-0.2, -0.15) is 0 Å². The summed E-state index contributed by atoms with van der Waals surface area (Å²) in [6, 6.07) is 11.0. The van der Waals surface area contributed by atoms with E-state index in [0.717, 1.165) is 5.56 Å².